The van der Waals surface area contributed by atoms with E-state index in [9.17, 15) is 13.2 Å². The molecule has 0 radical (unpaired) electrons. The summed E-state index contributed by atoms with van der Waals surface area (Å²) in [5.74, 6) is 0.0890. The molecule has 1 N–H and O–H groups in total. The van der Waals surface area contributed by atoms with Crippen LogP contribution in [-0.2, 0) is 0 Å². The van der Waals surface area contributed by atoms with Gasteiger partial charge >= 0.3 is 12.2 Å². The van der Waals surface area contributed by atoms with Gasteiger partial charge in [0.1, 0.15) is 6.54 Å². The zero-order valence-corrected chi connectivity index (χ0v) is 11.8. The molecule has 1 rings (SSSR count). The quantitative estimate of drug-likeness (QED) is 0.866. The van der Waals surface area contributed by atoms with Crippen LogP contribution in [0.1, 0.15) is 20.8 Å². The normalized spacial score (nSPS) is 11.6. The van der Waals surface area contributed by atoms with Gasteiger partial charge in [-0.25, -0.2) is 0 Å². The van der Waals surface area contributed by atoms with Gasteiger partial charge in [-0.3, -0.25) is 0 Å². The number of rotatable bonds is 6. The summed E-state index contributed by atoms with van der Waals surface area (Å²) >= 11 is 0. The SMILES string of the molecule is CCNc1nc(OC(C)C)nc(N(C)CC(F)(F)F)n1. The van der Waals surface area contributed by atoms with Crippen molar-refractivity contribution in [3.8, 4) is 6.01 Å². The highest BCUT2D eigenvalue weighted by molar-refractivity contribution is 5.37. The van der Waals surface area contributed by atoms with Crippen LogP contribution in [-0.4, -0.2) is 47.4 Å². The number of nitrogens with zero attached hydrogens (tertiary/aromatic N) is 4. The fourth-order valence-corrected chi connectivity index (χ4v) is 1.36. The van der Waals surface area contributed by atoms with E-state index >= 15 is 0 Å². The highest BCUT2D eigenvalue weighted by Crippen LogP contribution is 2.20. The van der Waals surface area contributed by atoms with Gasteiger partial charge in [-0.15, -0.1) is 0 Å². The lowest BCUT2D eigenvalue weighted by atomic mass is 10.5. The summed E-state index contributed by atoms with van der Waals surface area (Å²) in [4.78, 5) is 12.7. The van der Waals surface area contributed by atoms with Crippen molar-refractivity contribution in [2.24, 2.45) is 0 Å². The lowest BCUT2D eigenvalue weighted by Gasteiger charge is -2.20. The fraction of sp³-hybridized carbons (Fsp3) is 0.727. The average Bonchev–Trinajstić information content (AvgIpc) is 2.25. The zero-order chi connectivity index (χ0) is 15.3. The van der Waals surface area contributed by atoms with E-state index in [-0.39, 0.29) is 24.0 Å². The summed E-state index contributed by atoms with van der Waals surface area (Å²) in [5.41, 5.74) is 0. The molecule has 1 aromatic rings. The van der Waals surface area contributed by atoms with Crippen LogP contribution in [0.2, 0.25) is 0 Å². The standard InChI is InChI=1S/C11H18F3N5O/c1-5-15-8-16-9(19(4)6-11(12,13)14)18-10(17-8)20-7(2)3/h7H,5-6H2,1-4H3,(H,15,16,17,18). The second kappa shape index (κ2) is 6.58. The van der Waals surface area contributed by atoms with Crippen molar-refractivity contribution in [1.29, 1.82) is 0 Å². The third-order valence-electron chi connectivity index (χ3n) is 2.04. The Balaban J connectivity index is 3.01. The number of aromatic nitrogens is 3. The lowest BCUT2D eigenvalue weighted by molar-refractivity contribution is -0.119. The number of nitrogens with one attached hydrogen (secondary N) is 1. The first-order valence-corrected chi connectivity index (χ1v) is 6.15. The van der Waals surface area contributed by atoms with Crippen LogP contribution < -0.4 is 15.0 Å². The van der Waals surface area contributed by atoms with Crippen LogP contribution in [0, 0.1) is 0 Å². The van der Waals surface area contributed by atoms with Crippen molar-refractivity contribution in [2.75, 3.05) is 30.4 Å². The van der Waals surface area contributed by atoms with Gasteiger partial charge in [0.15, 0.2) is 0 Å². The molecule has 0 aliphatic heterocycles. The molecule has 0 saturated carbocycles. The van der Waals surface area contributed by atoms with Gasteiger partial charge in [-0.2, -0.15) is 28.1 Å². The predicted octanol–water partition coefficient (Wildman–Crippen LogP) is 2.09. The Morgan fingerprint density at radius 3 is 2.40 bits per heavy atom. The molecule has 0 unspecified atom stereocenters. The minimum absolute atomic E-state index is 0.00465. The van der Waals surface area contributed by atoms with Crippen molar-refractivity contribution in [3.05, 3.63) is 0 Å². The number of hydrogen-bond acceptors (Lipinski definition) is 6. The fourth-order valence-electron chi connectivity index (χ4n) is 1.36. The number of hydrogen-bond donors (Lipinski definition) is 1. The molecule has 0 atom stereocenters. The summed E-state index contributed by atoms with van der Waals surface area (Å²) in [6.07, 6.45) is -4.52. The van der Waals surface area contributed by atoms with E-state index in [2.05, 4.69) is 20.3 Å². The highest BCUT2D eigenvalue weighted by Gasteiger charge is 2.30. The molecule has 6 nitrogen and oxygen atoms in total. The summed E-state index contributed by atoms with van der Waals surface area (Å²) in [6, 6.07) is -0.00465. The smallest absolute Gasteiger partial charge is 0.406 e. The average molecular weight is 293 g/mol. The van der Waals surface area contributed by atoms with Gasteiger partial charge in [-0.05, 0) is 20.8 Å². The molecule has 0 spiro atoms. The summed E-state index contributed by atoms with van der Waals surface area (Å²) < 4.78 is 42.5. The number of halogens is 3. The molecule has 0 bridgehead atoms. The van der Waals surface area contributed by atoms with E-state index in [1.54, 1.807) is 13.8 Å². The molecular formula is C11H18F3N5O. The van der Waals surface area contributed by atoms with Gasteiger partial charge in [-0.1, -0.05) is 0 Å². The first-order valence-electron chi connectivity index (χ1n) is 6.15. The van der Waals surface area contributed by atoms with Gasteiger partial charge in [0.2, 0.25) is 11.9 Å². The third kappa shape index (κ3) is 5.45. The maximum Gasteiger partial charge on any atom is 0.406 e. The molecule has 0 amide bonds. The Hall–Kier alpha value is -1.80. The molecule has 0 fully saturated rings. The first-order chi connectivity index (χ1) is 9.21. The summed E-state index contributed by atoms with van der Waals surface area (Å²) in [6.45, 7) is 4.76. The van der Waals surface area contributed by atoms with E-state index in [1.165, 1.54) is 7.05 Å². The molecule has 1 aromatic heterocycles. The molecule has 0 aromatic carbocycles. The van der Waals surface area contributed by atoms with Crippen LogP contribution in [0.5, 0.6) is 6.01 Å². The first kappa shape index (κ1) is 16.3. The van der Waals surface area contributed by atoms with Gasteiger partial charge in [0, 0.05) is 13.6 Å². The van der Waals surface area contributed by atoms with E-state index in [1.807, 2.05) is 6.92 Å². The Morgan fingerprint density at radius 2 is 1.90 bits per heavy atom. The predicted molar refractivity (Wildman–Crippen MR) is 69.1 cm³/mol. The molecule has 20 heavy (non-hydrogen) atoms. The Labute approximate surface area is 115 Å². The Bertz CT molecular complexity index is 439. The van der Waals surface area contributed by atoms with E-state index in [0.717, 1.165) is 4.90 Å². The Kier molecular flexibility index (Phi) is 5.34. The second-order valence-corrected chi connectivity index (χ2v) is 4.41. The van der Waals surface area contributed by atoms with Gasteiger partial charge < -0.3 is 15.0 Å². The van der Waals surface area contributed by atoms with Crippen molar-refractivity contribution in [3.63, 3.8) is 0 Å². The molecule has 114 valence electrons. The topological polar surface area (TPSA) is 63.2 Å². The van der Waals surface area contributed by atoms with Crippen molar-refractivity contribution < 1.29 is 17.9 Å². The van der Waals surface area contributed by atoms with Crippen LogP contribution in [0.15, 0.2) is 0 Å². The maximum atomic E-state index is 12.4. The van der Waals surface area contributed by atoms with Crippen molar-refractivity contribution >= 4 is 11.9 Å². The minimum Gasteiger partial charge on any atom is -0.461 e. The second-order valence-electron chi connectivity index (χ2n) is 4.41. The van der Waals surface area contributed by atoms with Crippen molar-refractivity contribution in [2.45, 2.75) is 33.1 Å². The van der Waals surface area contributed by atoms with E-state index < -0.39 is 12.7 Å². The highest BCUT2D eigenvalue weighted by atomic mass is 19.4. The van der Waals surface area contributed by atoms with Gasteiger partial charge in [0.25, 0.3) is 0 Å². The summed E-state index contributed by atoms with van der Waals surface area (Å²) in [7, 11) is 1.26. The third-order valence-corrected chi connectivity index (χ3v) is 2.04. The van der Waals surface area contributed by atoms with E-state index in [4.69, 9.17) is 4.74 Å². The maximum absolute atomic E-state index is 12.4. The van der Waals surface area contributed by atoms with Crippen LogP contribution in [0.3, 0.4) is 0 Å². The lowest BCUT2D eigenvalue weighted by Crippen LogP contribution is -2.32. The number of anilines is 2. The molecule has 1 heterocycles. The van der Waals surface area contributed by atoms with Crippen molar-refractivity contribution in [1.82, 2.24) is 15.0 Å². The van der Waals surface area contributed by atoms with Crippen LogP contribution >= 0.6 is 0 Å². The van der Waals surface area contributed by atoms with Crippen LogP contribution in [0.25, 0.3) is 0 Å². The largest absolute Gasteiger partial charge is 0.461 e. The number of alkyl halides is 3. The van der Waals surface area contributed by atoms with E-state index in [0.29, 0.717) is 6.54 Å². The zero-order valence-electron chi connectivity index (χ0n) is 11.8. The molecule has 0 aliphatic carbocycles. The monoisotopic (exact) mass is 293 g/mol. The summed E-state index contributed by atoms with van der Waals surface area (Å²) in [5, 5.41) is 2.83. The Morgan fingerprint density at radius 1 is 1.25 bits per heavy atom. The van der Waals surface area contributed by atoms with Crippen LogP contribution in [0.4, 0.5) is 25.1 Å². The molecule has 0 saturated heterocycles. The van der Waals surface area contributed by atoms with Gasteiger partial charge in [0.05, 0.1) is 6.10 Å². The molecule has 0 aliphatic rings. The number of ether oxygens (including phenoxy) is 1. The molecular weight excluding hydrogens is 275 g/mol. The minimum atomic E-state index is -4.33. The molecule has 9 heteroatoms.